The highest BCUT2D eigenvalue weighted by Gasteiger charge is 2.17. The standard InChI is InChI=1S/C6H7BrN2O2/c1-3(4(2)10)5-8-6(7)9-11-5/h3H,1-2H3. The Morgan fingerprint density at radius 3 is 2.73 bits per heavy atom. The molecule has 0 N–H and O–H groups in total. The van der Waals surface area contributed by atoms with Crippen LogP contribution in [0.5, 0.6) is 0 Å². The van der Waals surface area contributed by atoms with E-state index < -0.39 is 0 Å². The van der Waals surface area contributed by atoms with Crippen molar-refractivity contribution >= 4 is 21.7 Å². The van der Waals surface area contributed by atoms with Crippen molar-refractivity contribution in [3.8, 4) is 0 Å². The molecule has 1 atom stereocenters. The zero-order valence-electron chi connectivity index (χ0n) is 6.17. The summed E-state index contributed by atoms with van der Waals surface area (Å²) in [4.78, 5) is 14.7. The average Bonchev–Trinajstić information content (AvgIpc) is 2.34. The number of hydrogen-bond donors (Lipinski definition) is 0. The lowest BCUT2D eigenvalue weighted by molar-refractivity contribution is -0.118. The van der Waals surface area contributed by atoms with Crippen LogP contribution in [0.4, 0.5) is 0 Å². The van der Waals surface area contributed by atoms with Gasteiger partial charge >= 0.3 is 0 Å². The number of carbonyl (C=O) groups excluding carboxylic acids is 1. The molecule has 0 aromatic carbocycles. The van der Waals surface area contributed by atoms with Crippen molar-refractivity contribution in [1.82, 2.24) is 10.1 Å². The minimum atomic E-state index is -0.311. The van der Waals surface area contributed by atoms with Gasteiger partial charge in [-0.3, -0.25) is 4.79 Å². The van der Waals surface area contributed by atoms with Crippen LogP contribution in [0.25, 0.3) is 0 Å². The van der Waals surface area contributed by atoms with Crippen LogP contribution in [0, 0.1) is 0 Å². The summed E-state index contributed by atoms with van der Waals surface area (Å²) in [7, 11) is 0. The molecule has 1 unspecified atom stereocenters. The quantitative estimate of drug-likeness (QED) is 0.756. The van der Waals surface area contributed by atoms with Gasteiger partial charge in [0.25, 0.3) is 0 Å². The molecule has 0 aliphatic carbocycles. The Labute approximate surface area is 72.1 Å². The van der Waals surface area contributed by atoms with Crippen LogP contribution in [-0.2, 0) is 4.79 Å². The van der Waals surface area contributed by atoms with Crippen molar-refractivity contribution in [1.29, 1.82) is 0 Å². The van der Waals surface area contributed by atoms with Gasteiger partial charge in [-0.1, -0.05) is 0 Å². The highest BCUT2D eigenvalue weighted by atomic mass is 79.9. The Morgan fingerprint density at radius 2 is 2.36 bits per heavy atom. The highest BCUT2D eigenvalue weighted by Crippen LogP contribution is 2.15. The summed E-state index contributed by atoms with van der Waals surface area (Å²) >= 11 is 3.02. The molecule has 0 bridgehead atoms. The third-order valence-electron chi connectivity index (χ3n) is 1.40. The van der Waals surface area contributed by atoms with Crippen molar-refractivity contribution < 1.29 is 9.32 Å². The molecular formula is C6H7BrN2O2. The first-order valence-electron chi connectivity index (χ1n) is 3.11. The normalized spacial score (nSPS) is 13.0. The molecule has 0 fully saturated rings. The number of rotatable bonds is 2. The second kappa shape index (κ2) is 3.13. The summed E-state index contributed by atoms with van der Waals surface area (Å²) in [5, 5.41) is 3.50. The molecule has 4 nitrogen and oxygen atoms in total. The van der Waals surface area contributed by atoms with E-state index in [0.717, 1.165) is 0 Å². The molecule has 0 saturated heterocycles. The molecule has 1 aromatic rings. The summed E-state index contributed by atoms with van der Waals surface area (Å²) in [6.45, 7) is 3.21. The Kier molecular flexibility index (Phi) is 2.38. The van der Waals surface area contributed by atoms with Gasteiger partial charge < -0.3 is 4.52 Å². The van der Waals surface area contributed by atoms with Crippen LogP contribution >= 0.6 is 15.9 Å². The van der Waals surface area contributed by atoms with E-state index in [0.29, 0.717) is 10.6 Å². The average molecular weight is 219 g/mol. The fourth-order valence-electron chi connectivity index (χ4n) is 0.566. The van der Waals surface area contributed by atoms with Gasteiger partial charge in [0.15, 0.2) is 0 Å². The van der Waals surface area contributed by atoms with E-state index in [-0.39, 0.29) is 11.7 Å². The van der Waals surface area contributed by atoms with Gasteiger partial charge in [-0.2, -0.15) is 4.98 Å². The van der Waals surface area contributed by atoms with Gasteiger partial charge in [-0.05, 0) is 34.9 Å². The van der Waals surface area contributed by atoms with Crippen LogP contribution < -0.4 is 0 Å². The fraction of sp³-hybridized carbons (Fsp3) is 0.500. The van der Waals surface area contributed by atoms with Crippen molar-refractivity contribution in [2.45, 2.75) is 19.8 Å². The smallest absolute Gasteiger partial charge is 0.238 e. The third-order valence-corrected chi connectivity index (χ3v) is 1.72. The highest BCUT2D eigenvalue weighted by molar-refractivity contribution is 9.10. The van der Waals surface area contributed by atoms with Crippen molar-refractivity contribution in [2.24, 2.45) is 0 Å². The van der Waals surface area contributed by atoms with Crippen LogP contribution in [0.3, 0.4) is 0 Å². The number of hydrogen-bond acceptors (Lipinski definition) is 4. The minimum absolute atomic E-state index is 0.0150. The molecule has 1 aromatic heterocycles. The Morgan fingerprint density at radius 1 is 1.73 bits per heavy atom. The van der Waals surface area contributed by atoms with Gasteiger partial charge in [0.1, 0.15) is 5.78 Å². The third kappa shape index (κ3) is 1.86. The van der Waals surface area contributed by atoms with E-state index in [2.05, 4.69) is 26.1 Å². The molecule has 60 valence electrons. The maximum absolute atomic E-state index is 10.8. The SMILES string of the molecule is CC(=O)C(C)c1nc(Br)no1. The topological polar surface area (TPSA) is 56.0 Å². The van der Waals surface area contributed by atoms with E-state index in [1.807, 2.05) is 0 Å². The molecular weight excluding hydrogens is 212 g/mol. The molecule has 0 saturated carbocycles. The Bertz CT molecular complexity index is 271. The van der Waals surface area contributed by atoms with E-state index in [9.17, 15) is 4.79 Å². The maximum Gasteiger partial charge on any atom is 0.238 e. The van der Waals surface area contributed by atoms with Gasteiger partial charge in [-0.25, -0.2) is 0 Å². The minimum Gasteiger partial charge on any atom is -0.338 e. The molecule has 0 spiro atoms. The lowest BCUT2D eigenvalue weighted by atomic mass is 10.1. The lowest BCUT2D eigenvalue weighted by Gasteiger charge is -1.97. The number of Topliss-reactive ketones (excluding diaryl/α,β-unsaturated/α-hetero) is 1. The predicted octanol–water partition coefficient (Wildman–Crippen LogP) is 1.52. The monoisotopic (exact) mass is 218 g/mol. The van der Waals surface area contributed by atoms with Gasteiger partial charge in [0.2, 0.25) is 10.6 Å². The summed E-state index contributed by atoms with van der Waals surface area (Å²) in [6, 6.07) is 0. The molecule has 0 amide bonds. The Balaban J connectivity index is 2.84. The zero-order chi connectivity index (χ0) is 8.43. The van der Waals surface area contributed by atoms with Crippen molar-refractivity contribution in [3.05, 3.63) is 10.6 Å². The molecule has 1 rings (SSSR count). The van der Waals surface area contributed by atoms with Crippen molar-refractivity contribution in [2.75, 3.05) is 0 Å². The zero-order valence-corrected chi connectivity index (χ0v) is 7.75. The first-order chi connectivity index (χ1) is 5.11. The first-order valence-corrected chi connectivity index (χ1v) is 3.90. The number of carbonyl (C=O) groups is 1. The predicted molar refractivity (Wildman–Crippen MR) is 41.1 cm³/mol. The van der Waals surface area contributed by atoms with E-state index in [1.54, 1.807) is 6.92 Å². The molecule has 1 heterocycles. The van der Waals surface area contributed by atoms with Crippen molar-refractivity contribution in [3.63, 3.8) is 0 Å². The summed E-state index contributed by atoms with van der Waals surface area (Å²) in [5.74, 6) is 0.0549. The molecule has 5 heteroatoms. The summed E-state index contributed by atoms with van der Waals surface area (Å²) in [5.41, 5.74) is 0. The van der Waals surface area contributed by atoms with Gasteiger partial charge in [0.05, 0.1) is 5.92 Å². The van der Waals surface area contributed by atoms with E-state index in [1.165, 1.54) is 6.92 Å². The number of ketones is 1. The van der Waals surface area contributed by atoms with Crippen LogP contribution in [0.2, 0.25) is 0 Å². The van der Waals surface area contributed by atoms with E-state index >= 15 is 0 Å². The number of nitrogens with zero attached hydrogens (tertiary/aromatic N) is 2. The fourth-order valence-corrected chi connectivity index (χ4v) is 0.813. The van der Waals surface area contributed by atoms with E-state index in [4.69, 9.17) is 4.52 Å². The maximum atomic E-state index is 10.8. The number of aromatic nitrogens is 2. The lowest BCUT2D eigenvalue weighted by Crippen LogP contribution is -2.04. The number of halogens is 1. The summed E-state index contributed by atoms with van der Waals surface area (Å²) in [6.07, 6.45) is 0. The van der Waals surface area contributed by atoms with Gasteiger partial charge in [-0.15, -0.1) is 0 Å². The van der Waals surface area contributed by atoms with Gasteiger partial charge in [0, 0.05) is 0 Å². The largest absolute Gasteiger partial charge is 0.338 e. The first kappa shape index (κ1) is 8.39. The Hall–Kier alpha value is -0.710. The summed E-state index contributed by atoms with van der Waals surface area (Å²) < 4.78 is 5.13. The van der Waals surface area contributed by atoms with Crippen LogP contribution in [-0.4, -0.2) is 15.9 Å². The molecule has 0 radical (unpaired) electrons. The molecule has 11 heavy (non-hydrogen) atoms. The van der Waals surface area contributed by atoms with Crippen LogP contribution in [0.15, 0.2) is 9.26 Å². The molecule has 0 aliphatic heterocycles. The second-order valence-corrected chi connectivity index (χ2v) is 2.94. The van der Waals surface area contributed by atoms with Crippen LogP contribution in [0.1, 0.15) is 25.7 Å². The second-order valence-electron chi connectivity index (χ2n) is 2.23. The molecule has 0 aliphatic rings.